The summed E-state index contributed by atoms with van der Waals surface area (Å²) in [7, 11) is 1.63. The molecule has 8 heteroatoms. The van der Waals surface area contributed by atoms with Gasteiger partial charge in [0.25, 0.3) is 5.91 Å². The molecule has 4 rings (SSSR count). The molecule has 0 saturated heterocycles. The Morgan fingerprint density at radius 2 is 1.80 bits per heavy atom. The maximum atomic E-state index is 12.1. The van der Waals surface area contributed by atoms with Crippen LogP contribution in [0.1, 0.15) is 16.2 Å². The number of rotatable bonds is 7. The van der Waals surface area contributed by atoms with Gasteiger partial charge in [-0.3, -0.25) is 4.79 Å². The molecule has 1 amide bonds. The van der Waals surface area contributed by atoms with Crippen LogP contribution in [-0.2, 0) is 0 Å². The van der Waals surface area contributed by atoms with E-state index in [9.17, 15) is 4.79 Å². The van der Waals surface area contributed by atoms with E-state index >= 15 is 0 Å². The van der Waals surface area contributed by atoms with E-state index in [0.717, 1.165) is 16.8 Å². The molecular weight excluding hydrogens is 380 g/mol. The van der Waals surface area contributed by atoms with E-state index in [-0.39, 0.29) is 5.91 Å². The Morgan fingerprint density at radius 3 is 2.53 bits per heavy atom. The lowest BCUT2D eigenvalue weighted by molar-refractivity contribution is 0.0955. The Bertz CT molecular complexity index is 1160. The standard InChI is InChI=1S/C22H22N6O2/c1-15-26-20(23-12-13-24-22(29)16-6-4-3-5-7-16)19-14-25-28(21(19)27-15)17-8-10-18(30-2)11-9-17/h3-11,14H,12-13H2,1-2H3,(H,24,29)(H,23,26,27). The zero-order valence-electron chi connectivity index (χ0n) is 16.8. The fourth-order valence-electron chi connectivity index (χ4n) is 3.11. The molecule has 0 aliphatic carbocycles. The average molecular weight is 402 g/mol. The van der Waals surface area contributed by atoms with Crippen molar-refractivity contribution in [1.29, 1.82) is 0 Å². The van der Waals surface area contributed by atoms with Crippen molar-refractivity contribution >= 4 is 22.8 Å². The smallest absolute Gasteiger partial charge is 0.251 e. The predicted molar refractivity (Wildman–Crippen MR) is 115 cm³/mol. The van der Waals surface area contributed by atoms with Crippen molar-refractivity contribution < 1.29 is 9.53 Å². The second-order valence-electron chi connectivity index (χ2n) is 6.66. The van der Waals surface area contributed by atoms with Crippen molar-refractivity contribution in [2.24, 2.45) is 0 Å². The zero-order valence-corrected chi connectivity index (χ0v) is 16.8. The number of benzene rings is 2. The molecule has 0 spiro atoms. The Labute approximate surface area is 173 Å². The quantitative estimate of drug-likeness (QED) is 0.462. The van der Waals surface area contributed by atoms with Crippen LogP contribution in [0.15, 0.2) is 60.8 Å². The van der Waals surface area contributed by atoms with Gasteiger partial charge in [0.05, 0.1) is 24.4 Å². The summed E-state index contributed by atoms with van der Waals surface area (Å²) in [4.78, 5) is 21.2. The third-order valence-corrected chi connectivity index (χ3v) is 4.60. The molecule has 0 atom stereocenters. The van der Waals surface area contributed by atoms with Gasteiger partial charge in [-0.25, -0.2) is 14.6 Å². The maximum absolute atomic E-state index is 12.1. The van der Waals surface area contributed by atoms with E-state index in [1.165, 1.54) is 0 Å². The van der Waals surface area contributed by atoms with E-state index in [2.05, 4.69) is 25.7 Å². The number of carbonyl (C=O) groups excluding carboxylic acids is 1. The second kappa shape index (κ2) is 8.60. The number of amides is 1. The first-order valence-corrected chi connectivity index (χ1v) is 9.59. The number of aryl methyl sites for hydroxylation is 1. The monoisotopic (exact) mass is 402 g/mol. The van der Waals surface area contributed by atoms with Crippen LogP contribution in [-0.4, -0.2) is 45.9 Å². The van der Waals surface area contributed by atoms with Crippen LogP contribution in [0.4, 0.5) is 5.82 Å². The number of fused-ring (bicyclic) bond motifs is 1. The van der Waals surface area contributed by atoms with Gasteiger partial charge in [-0.1, -0.05) is 18.2 Å². The van der Waals surface area contributed by atoms with Gasteiger partial charge in [0, 0.05) is 18.7 Å². The summed E-state index contributed by atoms with van der Waals surface area (Å²) in [5.74, 6) is 1.99. The summed E-state index contributed by atoms with van der Waals surface area (Å²) >= 11 is 0. The van der Waals surface area contributed by atoms with Gasteiger partial charge in [0.15, 0.2) is 5.65 Å². The molecule has 0 radical (unpaired) electrons. The molecule has 8 nitrogen and oxygen atoms in total. The van der Waals surface area contributed by atoms with Crippen LogP contribution in [0, 0.1) is 6.92 Å². The minimum atomic E-state index is -0.103. The average Bonchev–Trinajstić information content (AvgIpc) is 3.21. The summed E-state index contributed by atoms with van der Waals surface area (Å²) in [5, 5.41) is 11.5. The third-order valence-electron chi connectivity index (χ3n) is 4.60. The number of hydrogen-bond donors (Lipinski definition) is 2. The van der Waals surface area contributed by atoms with Crippen LogP contribution in [0.25, 0.3) is 16.7 Å². The topological polar surface area (TPSA) is 94.0 Å². The number of anilines is 1. The first-order valence-electron chi connectivity index (χ1n) is 9.59. The molecule has 2 aromatic heterocycles. The molecule has 2 heterocycles. The molecule has 0 bridgehead atoms. The number of carbonyl (C=O) groups is 1. The van der Waals surface area contributed by atoms with Crippen LogP contribution >= 0.6 is 0 Å². The van der Waals surface area contributed by atoms with E-state index < -0.39 is 0 Å². The summed E-state index contributed by atoms with van der Waals surface area (Å²) < 4.78 is 6.99. The summed E-state index contributed by atoms with van der Waals surface area (Å²) in [6.45, 7) is 2.83. The lowest BCUT2D eigenvalue weighted by atomic mass is 10.2. The summed E-state index contributed by atoms with van der Waals surface area (Å²) in [5.41, 5.74) is 2.23. The van der Waals surface area contributed by atoms with Crippen molar-refractivity contribution in [2.75, 3.05) is 25.5 Å². The number of hydrogen-bond acceptors (Lipinski definition) is 6. The van der Waals surface area contributed by atoms with E-state index in [4.69, 9.17) is 4.74 Å². The Kier molecular flexibility index (Phi) is 5.56. The first-order chi connectivity index (χ1) is 14.7. The second-order valence-corrected chi connectivity index (χ2v) is 6.66. The molecule has 2 N–H and O–H groups in total. The third kappa shape index (κ3) is 4.07. The number of aromatic nitrogens is 4. The van der Waals surface area contributed by atoms with Crippen molar-refractivity contribution in [1.82, 2.24) is 25.1 Å². The molecule has 0 aliphatic rings. The van der Waals surface area contributed by atoms with E-state index in [1.54, 1.807) is 30.1 Å². The normalized spacial score (nSPS) is 10.7. The molecular formula is C22H22N6O2. The van der Waals surface area contributed by atoms with Crippen LogP contribution in [0.5, 0.6) is 5.75 Å². The number of ether oxygens (including phenoxy) is 1. The van der Waals surface area contributed by atoms with Crippen molar-refractivity contribution in [3.8, 4) is 11.4 Å². The molecule has 0 unspecified atom stereocenters. The first kappa shape index (κ1) is 19.4. The van der Waals surface area contributed by atoms with E-state index in [1.807, 2.05) is 49.4 Å². The molecule has 0 aliphatic heterocycles. The van der Waals surface area contributed by atoms with Gasteiger partial charge in [-0.2, -0.15) is 5.10 Å². The SMILES string of the molecule is COc1ccc(-n2ncc3c(NCCNC(=O)c4ccccc4)nc(C)nc32)cc1. The molecule has 0 saturated carbocycles. The number of methoxy groups -OCH3 is 1. The fourth-order valence-corrected chi connectivity index (χ4v) is 3.11. The predicted octanol–water partition coefficient (Wildman–Crippen LogP) is 2.97. The van der Waals surface area contributed by atoms with Crippen molar-refractivity contribution in [3.05, 3.63) is 72.2 Å². The highest BCUT2D eigenvalue weighted by molar-refractivity contribution is 5.94. The van der Waals surface area contributed by atoms with Gasteiger partial charge < -0.3 is 15.4 Å². The lowest BCUT2D eigenvalue weighted by Crippen LogP contribution is -2.28. The molecule has 0 fully saturated rings. The maximum Gasteiger partial charge on any atom is 0.251 e. The van der Waals surface area contributed by atoms with Crippen LogP contribution < -0.4 is 15.4 Å². The van der Waals surface area contributed by atoms with Crippen LogP contribution in [0.2, 0.25) is 0 Å². The number of nitrogens with one attached hydrogen (secondary N) is 2. The largest absolute Gasteiger partial charge is 0.497 e. The highest BCUT2D eigenvalue weighted by Crippen LogP contribution is 2.23. The van der Waals surface area contributed by atoms with E-state index in [0.29, 0.717) is 35.9 Å². The minimum absolute atomic E-state index is 0.103. The summed E-state index contributed by atoms with van der Waals surface area (Å²) in [6.07, 6.45) is 1.74. The van der Waals surface area contributed by atoms with Gasteiger partial charge in [0.2, 0.25) is 0 Å². The van der Waals surface area contributed by atoms with Gasteiger partial charge in [-0.15, -0.1) is 0 Å². The van der Waals surface area contributed by atoms with Crippen molar-refractivity contribution in [3.63, 3.8) is 0 Å². The Hall–Kier alpha value is -3.94. The van der Waals surface area contributed by atoms with Crippen LogP contribution in [0.3, 0.4) is 0 Å². The highest BCUT2D eigenvalue weighted by Gasteiger charge is 2.13. The molecule has 152 valence electrons. The van der Waals surface area contributed by atoms with Gasteiger partial charge in [-0.05, 0) is 43.3 Å². The molecule has 4 aromatic rings. The van der Waals surface area contributed by atoms with Gasteiger partial charge in [0.1, 0.15) is 17.4 Å². The fraction of sp³-hybridized carbons (Fsp3) is 0.182. The zero-order chi connectivity index (χ0) is 20.9. The van der Waals surface area contributed by atoms with Gasteiger partial charge >= 0.3 is 0 Å². The number of nitrogens with zero attached hydrogens (tertiary/aromatic N) is 4. The Balaban J connectivity index is 1.48. The molecule has 2 aromatic carbocycles. The highest BCUT2D eigenvalue weighted by atomic mass is 16.5. The molecule has 30 heavy (non-hydrogen) atoms. The summed E-state index contributed by atoms with van der Waals surface area (Å²) in [6, 6.07) is 16.7. The Morgan fingerprint density at radius 1 is 1.03 bits per heavy atom. The van der Waals surface area contributed by atoms with Crippen molar-refractivity contribution in [2.45, 2.75) is 6.92 Å². The lowest BCUT2D eigenvalue weighted by Gasteiger charge is -2.10. The minimum Gasteiger partial charge on any atom is -0.497 e.